The van der Waals surface area contributed by atoms with Gasteiger partial charge in [0.05, 0.1) is 4.88 Å². The maximum Gasteiger partial charge on any atom is 0.139 e. The second-order valence-electron chi connectivity index (χ2n) is 6.94. The lowest BCUT2D eigenvalue weighted by atomic mass is 9.89. The third-order valence-electron chi connectivity index (χ3n) is 5.09. The van der Waals surface area contributed by atoms with E-state index in [0.717, 1.165) is 40.1 Å². The van der Waals surface area contributed by atoms with E-state index < -0.39 is 0 Å². The Hall–Kier alpha value is -2.25. The summed E-state index contributed by atoms with van der Waals surface area (Å²) in [5.74, 6) is 4.63. The van der Waals surface area contributed by atoms with Crippen LogP contribution in [0.4, 0.5) is 5.82 Å². The molecular formula is C21H23N3S. The van der Waals surface area contributed by atoms with Gasteiger partial charge in [-0.1, -0.05) is 31.2 Å². The molecule has 0 atom stereocenters. The van der Waals surface area contributed by atoms with Crippen LogP contribution in [0.2, 0.25) is 0 Å². The van der Waals surface area contributed by atoms with Crippen LogP contribution in [0.3, 0.4) is 0 Å². The molecule has 1 fully saturated rings. The number of aryl methyl sites for hydroxylation is 1. The number of nitrogens with one attached hydrogen (secondary N) is 1. The van der Waals surface area contributed by atoms with E-state index in [2.05, 4.69) is 40.9 Å². The Balaban J connectivity index is 1.75. The summed E-state index contributed by atoms with van der Waals surface area (Å²) in [6, 6.07) is 6.18. The third kappa shape index (κ3) is 3.17. The molecule has 0 amide bonds. The van der Waals surface area contributed by atoms with Gasteiger partial charge in [-0.25, -0.2) is 4.98 Å². The minimum atomic E-state index is 0.757. The van der Waals surface area contributed by atoms with Gasteiger partial charge in [0, 0.05) is 18.3 Å². The molecule has 3 nitrogen and oxygen atoms in total. The standard InChI is InChI=1S/C21H23N3S/c1-3-17-11-12-25-20(17)19-21(22-13-16-7-5-4-6-8-16)24-14-15(2)9-10-18(24)23-19/h1,9-12,14,16,22H,4-8,13H2,2H3. The molecule has 3 aromatic rings. The molecule has 1 saturated carbocycles. The van der Waals surface area contributed by atoms with Crippen molar-refractivity contribution in [2.24, 2.45) is 5.92 Å². The second kappa shape index (κ2) is 6.93. The van der Waals surface area contributed by atoms with Crippen LogP contribution >= 0.6 is 11.3 Å². The van der Waals surface area contributed by atoms with Crippen molar-refractivity contribution >= 4 is 22.8 Å². The first-order valence-corrected chi connectivity index (χ1v) is 9.91. The van der Waals surface area contributed by atoms with Crippen LogP contribution in [-0.2, 0) is 0 Å². The lowest BCUT2D eigenvalue weighted by Crippen LogP contribution is -2.18. The minimum Gasteiger partial charge on any atom is -0.369 e. The van der Waals surface area contributed by atoms with Crippen molar-refractivity contribution in [1.29, 1.82) is 0 Å². The number of anilines is 1. The first kappa shape index (κ1) is 16.2. The summed E-state index contributed by atoms with van der Waals surface area (Å²) in [5, 5.41) is 5.76. The van der Waals surface area contributed by atoms with Gasteiger partial charge in [0.25, 0.3) is 0 Å². The van der Waals surface area contributed by atoms with Crippen molar-refractivity contribution in [3.05, 3.63) is 40.9 Å². The van der Waals surface area contributed by atoms with Crippen molar-refractivity contribution in [3.8, 4) is 22.9 Å². The van der Waals surface area contributed by atoms with Crippen LogP contribution in [-0.4, -0.2) is 15.9 Å². The highest BCUT2D eigenvalue weighted by atomic mass is 32.1. The van der Waals surface area contributed by atoms with Crippen molar-refractivity contribution in [2.45, 2.75) is 39.0 Å². The predicted octanol–water partition coefficient (Wildman–Crippen LogP) is 5.34. The van der Waals surface area contributed by atoms with E-state index in [1.165, 1.54) is 37.7 Å². The highest BCUT2D eigenvalue weighted by Gasteiger charge is 2.19. The fourth-order valence-corrected chi connectivity index (χ4v) is 4.56. The number of thiophene rings is 1. The van der Waals surface area contributed by atoms with Crippen LogP contribution in [0.5, 0.6) is 0 Å². The van der Waals surface area contributed by atoms with E-state index in [1.807, 2.05) is 11.4 Å². The summed E-state index contributed by atoms with van der Waals surface area (Å²) in [6.07, 6.45) is 14.6. The van der Waals surface area contributed by atoms with Crippen molar-refractivity contribution in [3.63, 3.8) is 0 Å². The van der Waals surface area contributed by atoms with Gasteiger partial charge in [-0.2, -0.15) is 0 Å². The zero-order valence-electron chi connectivity index (χ0n) is 14.6. The van der Waals surface area contributed by atoms with Gasteiger partial charge in [-0.3, -0.25) is 4.40 Å². The molecule has 4 rings (SSSR count). The Morgan fingerprint density at radius 2 is 2.12 bits per heavy atom. The highest BCUT2D eigenvalue weighted by Crippen LogP contribution is 2.35. The Morgan fingerprint density at radius 1 is 1.28 bits per heavy atom. The van der Waals surface area contributed by atoms with E-state index in [-0.39, 0.29) is 0 Å². The van der Waals surface area contributed by atoms with Crippen LogP contribution in [0, 0.1) is 25.2 Å². The van der Waals surface area contributed by atoms with E-state index >= 15 is 0 Å². The molecule has 0 aromatic carbocycles. The molecule has 0 bridgehead atoms. The third-order valence-corrected chi connectivity index (χ3v) is 6.01. The summed E-state index contributed by atoms with van der Waals surface area (Å²) in [5.41, 5.74) is 4.08. The number of aromatic nitrogens is 2. The Labute approximate surface area is 153 Å². The summed E-state index contributed by atoms with van der Waals surface area (Å²) < 4.78 is 2.17. The van der Waals surface area contributed by atoms with Crippen LogP contribution in [0.15, 0.2) is 29.8 Å². The normalized spacial score (nSPS) is 15.4. The van der Waals surface area contributed by atoms with Gasteiger partial charge >= 0.3 is 0 Å². The average Bonchev–Trinajstić information content (AvgIpc) is 3.24. The van der Waals surface area contributed by atoms with Gasteiger partial charge < -0.3 is 5.32 Å². The largest absolute Gasteiger partial charge is 0.369 e. The molecular weight excluding hydrogens is 326 g/mol. The lowest BCUT2D eigenvalue weighted by Gasteiger charge is -2.22. The molecule has 3 heterocycles. The molecule has 1 aliphatic carbocycles. The molecule has 1 aliphatic rings. The number of imidazole rings is 1. The highest BCUT2D eigenvalue weighted by molar-refractivity contribution is 7.13. The Bertz CT molecular complexity index is 922. The zero-order chi connectivity index (χ0) is 17.2. The number of terminal acetylenes is 1. The maximum absolute atomic E-state index is 5.69. The summed E-state index contributed by atoms with van der Waals surface area (Å²) in [6.45, 7) is 3.12. The molecule has 0 aliphatic heterocycles. The quantitative estimate of drug-likeness (QED) is 0.644. The van der Waals surface area contributed by atoms with Gasteiger partial charge in [-0.15, -0.1) is 17.8 Å². The fourth-order valence-electron chi connectivity index (χ4n) is 3.72. The maximum atomic E-state index is 5.69. The molecule has 128 valence electrons. The Morgan fingerprint density at radius 3 is 2.92 bits per heavy atom. The Kier molecular flexibility index (Phi) is 4.50. The topological polar surface area (TPSA) is 29.3 Å². The van der Waals surface area contributed by atoms with Crippen LogP contribution < -0.4 is 5.32 Å². The van der Waals surface area contributed by atoms with Crippen molar-refractivity contribution in [1.82, 2.24) is 9.38 Å². The molecule has 25 heavy (non-hydrogen) atoms. The second-order valence-corrected chi connectivity index (χ2v) is 7.85. The molecule has 3 aromatic heterocycles. The molecule has 4 heteroatoms. The first-order valence-electron chi connectivity index (χ1n) is 9.03. The van der Waals surface area contributed by atoms with Gasteiger partial charge in [0.15, 0.2) is 0 Å². The summed E-state index contributed by atoms with van der Waals surface area (Å²) in [7, 11) is 0. The van der Waals surface area contributed by atoms with Gasteiger partial charge in [0.2, 0.25) is 0 Å². The summed E-state index contributed by atoms with van der Waals surface area (Å²) in [4.78, 5) is 5.96. The zero-order valence-corrected chi connectivity index (χ0v) is 15.4. The minimum absolute atomic E-state index is 0.757. The van der Waals surface area contributed by atoms with E-state index in [9.17, 15) is 0 Å². The first-order chi connectivity index (χ1) is 12.3. The van der Waals surface area contributed by atoms with Crippen molar-refractivity contribution < 1.29 is 0 Å². The summed E-state index contributed by atoms with van der Waals surface area (Å²) >= 11 is 1.66. The van der Waals surface area contributed by atoms with Crippen LogP contribution in [0.25, 0.3) is 16.2 Å². The number of hydrogen-bond donors (Lipinski definition) is 1. The van der Waals surface area contributed by atoms with Crippen molar-refractivity contribution in [2.75, 3.05) is 11.9 Å². The van der Waals surface area contributed by atoms with E-state index in [1.54, 1.807) is 11.3 Å². The number of hydrogen-bond acceptors (Lipinski definition) is 3. The van der Waals surface area contributed by atoms with Gasteiger partial charge in [0.1, 0.15) is 17.2 Å². The smallest absolute Gasteiger partial charge is 0.139 e. The number of rotatable bonds is 4. The number of fused-ring (bicyclic) bond motifs is 1. The molecule has 0 spiro atoms. The lowest BCUT2D eigenvalue weighted by molar-refractivity contribution is 0.373. The fraction of sp³-hybridized carbons (Fsp3) is 0.381. The molecule has 0 saturated heterocycles. The molecule has 1 N–H and O–H groups in total. The van der Waals surface area contributed by atoms with Crippen LogP contribution in [0.1, 0.15) is 43.2 Å². The predicted molar refractivity (Wildman–Crippen MR) is 106 cm³/mol. The van der Waals surface area contributed by atoms with E-state index in [4.69, 9.17) is 11.4 Å². The number of nitrogens with zero attached hydrogens (tertiary/aromatic N) is 2. The monoisotopic (exact) mass is 349 g/mol. The van der Waals surface area contributed by atoms with Gasteiger partial charge in [-0.05, 0) is 48.8 Å². The number of pyridine rings is 1. The molecule has 0 radical (unpaired) electrons. The van der Waals surface area contributed by atoms with E-state index in [0.29, 0.717) is 0 Å². The SMILES string of the molecule is C#Cc1ccsc1-c1nc2ccc(C)cn2c1NCC1CCCCC1. The molecule has 0 unspecified atom stereocenters. The average molecular weight is 350 g/mol.